The summed E-state index contributed by atoms with van der Waals surface area (Å²) < 4.78 is 7.84. The van der Waals surface area contributed by atoms with E-state index in [4.69, 9.17) is 10.6 Å². The smallest absolute Gasteiger partial charge is 0.282 e. The van der Waals surface area contributed by atoms with Gasteiger partial charge in [-0.3, -0.25) is 4.79 Å². The fourth-order valence-corrected chi connectivity index (χ4v) is 4.73. The number of ether oxygens (including phenoxy) is 1. The van der Waals surface area contributed by atoms with Crippen molar-refractivity contribution < 1.29 is 4.74 Å². The third-order valence-corrected chi connectivity index (χ3v) is 6.41. The maximum absolute atomic E-state index is 12.8. The molecule has 0 aliphatic carbocycles. The summed E-state index contributed by atoms with van der Waals surface area (Å²) in [4.78, 5) is 18.1. The van der Waals surface area contributed by atoms with Crippen molar-refractivity contribution in [2.45, 2.75) is 5.16 Å². The van der Waals surface area contributed by atoms with Crippen LogP contribution < -0.4 is 16.1 Å². The van der Waals surface area contributed by atoms with Gasteiger partial charge in [0, 0.05) is 21.2 Å². The van der Waals surface area contributed by atoms with Crippen LogP contribution in [-0.2, 0) is 0 Å². The Morgan fingerprint density at radius 2 is 1.89 bits per heavy atom. The summed E-state index contributed by atoms with van der Waals surface area (Å²) in [6, 6.07) is 17.4. The molecule has 4 aromatic rings. The van der Waals surface area contributed by atoms with E-state index in [1.807, 2.05) is 60.0 Å². The van der Waals surface area contributed by atoms with Crippen molar-refractivity contribution in [1.29, 1.82) is 0 Å². The summed E-state index contributed by atoms with van der Waals surface area (Å²) in [6.45, 7) is 0.486. The third kappa shape index (κ3) is 3.94. The number of nitrogens with zero attached hydrogens (tertiary/aromatic N) is 2. The summed E-state index contributed by atoms with van der Waals surface area (Å²) in [7, 11) is 0. The minimum Gasteiger partial charge on any atom is -0.493 e. The Morgan fingerprint density at radius 3 is 2.64 bits per heavy atom. The summed E-state index contributed by atoms with van der Waals surface area (Å²) in [5, 5.41) is 3.01. The van der Waals surface area contributed by atoms with Gasteiger partial charge in [0.15, 0.2) is 5.16 Å². The molecule has 0 radical (unpaired) electrons. The molecule has 0 bridgehead atoms. The number of thioether (sulfide) groups is 1. The number of nitrogens with two attached hydrogens (primary N) is 1. The van der Waals surface area contributed by atoms with Gasteiger partial charge in [-0.2, -0.15) is 0 Å². The van der Waals surface area contributed by atoms with Gasteiger partial charge in [-0.1, -0.05) is 58.0 Å². The van der Waals surface area contributed by atoms with E-state index in [0.29, 0.717) is 27.7 Å². The van der Waals surface area contributed by atoms with Crippen LogP contribution in [0.2, 0.25) is 0 Å². The second kappa shape index (κ2) is 8.38. The number of aromatic nitrogens is 2. The zero-order valence-corrected chi connectivity index (χ0v) is 17.9. The Balaban J connectivity index is 1.51. The molecule has 0 atom stereocenters. The minimum atomic E-state index is -0.235. The number of nitrogen functional groups attached to an aromatic ring is 1. The quantitative estimate of drug-likeness (QED) is 0.189. The highest BCUT2D eigenvalue weighted by molar-refractivity contribution is 9.10. The molecule has 0 saturated heterocycles. The van der Waals surface area contributed by atoms with Crippen LogP contribution in [0.1, 0.15) is 0 Å². The topological polar surface area (TPSA) is 70.1 Å². The van der Waals surface area contributed by atoms with Crippen LogP contribution in [0.4, 0.5) is 0 Å². The van der Waals surface area contributed by atoms with Gasteiger partial charge in [0.25, 0.3) is 5.56 Å². The normalized spacial score (nSPS) is 11.0. The number of hydrogen-bond donors (Lipinski definition) is 1. The van der Waals surface area contributed by atoms with Crippen LogP contribution in [-0.4, -0.2) is 22.0 Å². The number of fused-ring (bicyclic) bond motifs is 1. The fourth-order valence-electron chi connectivity index (χ4n) is 2.74. The highest BCUT2D eigenvalue weighted by Crippen LogP contribution is 2.31. The van der Waals surface area contributed by atoms with E-state index in [1.165, 1.54) is 23.1 Å². The predicted octanol–water partition coefficient (Wildman–Crippen LogP) is 4.77. The van der Waals surface area contributed by atoms with Gasteiger partial charge in [0.1, 0.15) is 10.6 Å². The maximum atomic E-state index is 12.8. The van der Waals surface area contributed by atoms with Crippen LogP contribution in [0.5, 0.6) is 5.75 Å². The van der Waals surface area contributed by atoms with E-state index in [1.54, 1.807) is 0 Å². The highest BCUT2D eigenvalue weighted by atomic mass is 79.9. The lowest BCUT2D eigenvalue weighted by Gasteiger charge is -2.09. The summed E-state index contributed by atoms with van der Waals surface area (Å²) in [5.41, 5.74) is 1.62. The Hall–Kier alpha value is -2.29. The molecule has 142 valence electrons. The van der Waals surface area contributed by atoms with E-state index in [2.05, 4.69) is 20.9 Å². The molecular weight excluding hydrogens is 458 g/mol. The molecule has 0 amide bonds. The number of rotatable bonds is 6. The molecule has 0 fully saturated rings. The molecule has 2 heterocycles. The zero-order chi connectivity index (χ0) is 19.5. The first-order valence-corrected chi connectivity index (χ1v) is 11.2. The van der Waals surface area contributed by atoms with Crippen molar-refractivity contribution >= 4 is 49.2 Å². The van der Waals surface area contributed by atoms with Gasteiger partial charge in [-0.15, -0.1) is 11.3 Å². The lowest BCUT2D eigenvalue weighted by Crippen LogP contribution is -2.29. The van der Waals surface area contributed by atoms with Crippen LogP contribution in [0.15, 0.2) is 74.4 Å². The molecule has 0 aliphatic heterocycles. The average molecular weight is 474 g/mol. The first-order chi connectivity index (χ1) is 13.6. The second-order valence-corrected chi connectivity index (χ2v) is 8.75. The molecular formula is C20H16BrN3O2S2. The van der Waals surface area contributed by atoms with Crippen LogP contribution in [0, 0.1) is 0 Å². The SMILES string of the molecule is Nn1c(SCCOc2ccc(Br)cc2)nc2scc(-c3ccccc3)c2c1=O. The van der Waals surface area contributed by atoms with Gasteiger partial charge in [0.05, 0.1) is 12.0 Å². The molecule has 2 N–H and O–H groups in total. The molecule has 2 aromatic heterocycles. The Bertz CT molecular complexity index is 1160. The molecule has 28 heavy (non-hydrogen) atoms. The zero-order valence-electron chi connectivity index (χ0n) is 14.7. The van der Waals surface area contributed by atoms with E-state index in [0.717, 1.165) is 26.0 Å². The number of thiophene rings is 1. The standard InChI is InChI=1S/C20H16BrN3O2S2/c21-14-6-8-15(9-7-14)26-10-11-27-20-23-18-17(19(25)24(20)22)16(12-28-18)13-4-2-1-3-5-13/h1-9,12H,10-11,22H2. The summed E-state index contributed by atoms with van der Waals surface area (Å²) in [6.07, 6.45) is 0. The van der Waals surface area contributed by atoms with Crippen molar-refractivity contribution in [2.24, 2.45) is 0 Å². The van der Waals surface area contributed by atoms with Gasteiger partial charge in [-0.25, -0.2) is 9.66 Å². The Kier molecular flexibility index (Phi) is 5.70. The third-order valence-electron chi connectivity index (χ3n) is 4.09. The molecule has 5 nitrogen and oxygen atoms in total. The van der Waals surface area contributed by atoms with Crippen molar-refractivity contribution in [3.63, 3.8) is 0 Å². The monoisotopic (exact) mass is 473 g/mol. The van der Waals surface area contributed by atoms with Gasteiger partial charge in [0.2, 0.25) is 0 Å². The first kappa shape index (κ1) is 19.0. The molecule has 0 saturated carbocycles. The van der Waals surface area contributed by atoms with Crippen molar-refractivity contribution in [3.05, 3.63) is 74.8 Å². The second-order valence-electron chi connectivity index (χ2n) is 5.92. The van der Waals surface area contributed by atoms with Crippen molar-refractivity contribution in [3.8, 4) is 16.9 Å². The lowest BCUT2D eigenvalue weighted by molar-refractivity contribution is 0.344. The average Bonchev–Trinajstić information content (AvgIpc) is 3.15. The van der Waals surface area contributed by atoms with Crippen LogP contribution >= 0.6 is 39.0 Å². The Morgan fingerprint density at radius 1 is 1.14 bits per heavy atom. The van der Waals surface area contributed by atoms with Crippen molar-refractivity contribution in [2.75, 3.05) is 18.2 Å². The minimum absolute atomic E-state index is 0.235. The van der Waals surface area contributed by atoms with Gasteiger partial charge in [-0.05, 0) is 29.8 Å². The predicted molar refractivity (Wildman–Crippen MR) is 120 cm³/mol. The van der Waals surface area contributed by atoms with Crippen LogP contribution in [0.25, 0.3) is 21.3 Å². The van der Waals surface area contributed by atoms with Crippen LogP contribution in [0.3, 0.4) is 0 Å². The van der Waals surface area contributed by atoms with E-state index < -0.39 is 0 Å². The number of halogens is 1. The number of hydrogen-bond acceptors (Lipinski definition) is 6. The van der Waals surface area contributed by atoms with E-state index >= 15 is 0 Å². The summed E-state index contributed by atoms with van der Waals surface area (Å²) in [5.74, 6) is 7.47. The van der Waals surface area contributed by atoms with Gasteiger partial charge < -0.3 is 10.6 Å². The lowest BCUT2D eigenvalue weighted by atomic mass is 10.1. The van der Waals surface area contributed by atoms with E-state index in [-0.39, 0.29) is 5.56 Å². The van der Waals surface area contributed by atoms with Crippen molar-refractivity contribution in [1.82, 2.24) is 9.66 Å². The molecule has 0 unspecified atom stereocenters. The highest BCUT2D eigenvalue weighted by Gasteiger charge is 2.16. The fraction of sp³-hybridized carbons (Fsp3) is 0.100. The Labute approximate surface area is 178 Å². The summed E-state index contributed by atoms with van der Waals surface area (Å²) >= 11 is 6.25. The molecule has 4 rings (SSSR count). The molecule has 8 heteroatoms. The largest absolute Gasteiger partial charge is 0.493 e. The first-order valence-electron chi connectivity index (χ1n) is 8.49. The maximum Gasteiger partial charge on any atom is 0.282 e. The molecule has 0 spiro atoms. The molecule has 2 aromatic carbocycles. The van der Waals surface area contributed by atoms with E-state index in [9.17, 15) is 4.79 Å². The molecule has 0 aliphatic rings. The van der Waals surface area contributed by atoms with Gasteiger partial charge >= 0.3 is 0 Å². The number of benzene rings is 2.